The van der Waals surface area contributed by atoms with Crippen LogP contribution >= 0.6 is 15.9 Å². The molecule has 0 fully saturated rings. The van der Waals surface area contributed by atoms with Crippen LogP contribution in [0.3, 0.4) is 0 Å². The Hall–Kier alpha value is -2.27. The molecule has 4 nitrogen and oxygen atoms in total. The van der Waals surface area contributed by atoms with E-state index >= 15 is 0 Å². The highest BCUT2D eigenvalue weighted by molar-refractivity contribution is 9.10. The second-order valence-electron chi connectivity index (χ2n) is 4.13. The largest absolute Gasteiger partial charge is 0.402 e. The molecule has 0 N–H and O–H groups in total. The fraction of sp³-hybridized carbons (Fsp3) is 0. The lowest BCUT2D eigenvalue weighted by Gasteiger charge is -1.96. The van der Waals surface area contributed by atoms with E-state index in [1.54, 1.807) is 30.6 Å². The Kier molecular flexibility index (Phi) is 3.43. The maximum absolute atomic E-state index is 11.8. The number of rotatable bonds is 2. The lowest BCUT2D eigenvalue weighted by Crippen LogP contribution is -2.05. The summed E-state index contributed by atoms with van der Waals surface area (Å²) < 4.78 is 6.11. The van der Waals surface area contributed by atoms with E-state index in [9.17, 15) is 4.79 Å². The number of carbonyl (C=O) groups excluding carboxylic acids is 1. The molecule has 0 atom stereocenters. The van der Waals surface area contributed by atoms with E-state index < -0.39 is 5.97 Å². The minimum Gasteiger partial charge on any atom is -0.402 e. The molecule has 1 aromatic heterocycles. The minimum absolute atomic E-state index is 0.287. The van der Waals surface area contributed by atoms with Gasteiger partial charge >= 0.3 is 5.97 Å². The molecule has 0 saturated carbocycles. The van der Waals surface area contributed by atoms with E-state index in [4.69, 9.17) is 4.74 Å². The van der Waals surface area contributed by atoms with Gasteiger partial charge in [0.05, 0.1) is 0 Å². The summed E-state index contributed by atoms with van der Waals surface area (Å²) in [5.74, 6) is -0.143. The van der Waals surface area contributed by atoms with Crippen LogP contribution < -0.4 is 0 Å². The third kappa shape index (κ3) is 2.67. The summed E-state index contributed by atoms with van der Waals surface area (Å²) in [6.45, 7) is 0. The number of aliphatic imine (C=N–C) groups is 1. The summed E-state index contributed by atoms with van der Waals surface area (Å²) in [5, 5.41) is 0. The number of hydrogen-bond donors (Lipinski definition) is 0. The topological polar surface area (TPSA) is 51.5 Å². The number of pyridine rings is 1. The smallest absolute Gasteiger partial charge is 0.363 e. The van der Waals surface area contributed by atoms with Crippen LogP contribution in [0.4, 0.5) is 0 Å². The van der Waals surface area contributed by atoms with Crippen LogP contribution in [0.25, 0.3) is 6.08 Å². The van der Waals surface area contributed by atoms with Gasteiger partial charge in [-0.2, -0.15) is 0 Å². The fourth-order valence-corrected chi connectivity index (χ4v) is 2.20. The summed E-state index contributed by atoms with van der Waals surface area (Å²) in [4.78, 5) is 20.0. The van der Waals surface area contributed by atoms with Gasteiger partial charge in [0.1, 0.15) is 0 Å². The maximum atomic E-state index is 11.8. The Morgan fingerprint density at radius 2 is 1.95 bits per heavy atom. The monoisotopic (exact) mass is 328 g/mol. The summed E-state index contributed by atoms with van der Waals surface area (Å²) >= 11 is 3.39. The first-order chi connectivity index (χ1) is 9.72. The van der Waals surface area contributed by atoms with Gasteiger partial charge in [-0.1, -0.05) is 28.1 Å². The van der Waals surface area contributed by atoms with Gasteiger partial charge in [-0.05, 0) is 35.9 Å². The van der Waals surface area contributed by atoms with E-state index in [0.717, 1.165) is 15.6 Å². The van der Waals surface area contributed by atoms with Crippen molar-refractivity contribution < 1.29 is 9.53 Å². The number of ether oxygens (including phenoxy) is 1. The zero-order valence-electron chi connectivity index (χ0n) is 10.3. The maximum Gasteiger partial charge on any atom is 0.363 e. The molecule has 2 aromatic rings. The van der Waals surface area contributed by atoms with Crippen molar-refractivity contribution >= 4 is 33.9 Å². The van der Waals surface area contributed by atoms with Crippen molar-refractivity contribution in [1.29, 1.82) is 0 Å². The van der Waals surface area contributed by atoms with Crippen LogP contribution in [-0.2, 0) is 9.53 Å². The highest BCUT2D eigenvalue weighted by Gasteiger charge is 2.23. The zero-order valence-corrected chi connectivity index (χ0v) is 11.9. The molecular formula is C15H9BrN2O2. The molecule has 0 aliphatic carbocycles. The fourth-order valence-electron chi connectivity index (χ4n) is 1.78. The Morgan fingerprint density at radius 1 is 1.15 bits per heavy atom. The first kappa shape index (κ1) is 12.7. The highest BCUT2D eigenvalue weighted by Crippen LogP contribution is 2.20. The molecule has 0 amide bonds. The molecule has 1 aromatic carbocycles. The third-order valence-corrected chi connectivity index (χ3v) is 3.19. The summed E-state index contributed by atoms with van der Waals surface area (Å²) in [7, 11) is 0. The Labute approximate surface area is 124 Å². The molecule has 1 aliphatic rings. The Bertz CT molecular complexity index is 724. The third-order valence-electron chi connectivity index (χ3n) is 2.70. The molecule has 0 unspecified atom stereocenters. The van der Waals surface area contributed by atoms with Gasteiger partial charge in [-0.15, -0.1) is 0 Å². The average Bonchev–Trinajstić information content (AvgIpc) is 2.81. The lowest BCUT2D eigenvalue weighted by atomic mass is 10.2. The first-order valence-corrected chi connectivity index (χ1v) is 6.70. The second-order valence-corrected chi connectivity index (χ2v) is 5.04. The molecule has 2 heterocycles. The zero-order chi connectivity index (χ0) is 13.9. The molecule has 0 spiro atoms. The van der Waals surface area contributed by atoms with Crippen molar-refractivity contribution in [1.82, 2.24) is 4.98 Å². The standard InChI is InChI=1S/C15H9BrN2O2/c16-12-3-1-2-10(8-12)9-13-15(19)20-14(18-13)11-4-6-17-7-5-11/h1-9H/b13-9+. The van der Waals surface area contributed by atoms with Gasteiger partial charge < -0.3 is 4.74 Å². The normalized spacial score (nSPS) is 16.1. The van der Waals surface area contributed by atoms with Crippen LogP contribution in [-0.4, -0.2) is 16.9 Å². The van der Waals surface area contributed by atoms with Crippen LogP contribution in [0.5, 0.6) is 0 Å². The molecule has 3 rings (SSSR count). The van der Waals surface area contributed by atoms with Crippen molar-refractivity contribution in [3.05, 3.63) is 70.1 Å². The molecule has 0 radical (unpaired) electrons. The number of esters is 1. The molecule has 0 saturated heterocycles. The van der Waals surface area contributed by atoms with Gasteiger partial charge in [0.15, 0.2) is 5.70 Å². The van der Waals surface area contributed by atoms with Crippen molar-refractivity contribution in [3.8, 4) is 0 Å². The van der Waals surface area contributed by atoms with Crippen LogP contribution in [0.15, 0.2) is 64.0 Å². The highest BCUT2D eigenvalue weighted by atomic mass is 79.9. The predicted octanol–water partition coefficient (Wildman–Crippen LogP) is 3.19. The number of benzene rings is 1. The SMILES string of the molecule is O=C1OC(c2ccncc2)=N/C1=C/c1cccc(Br)c1. The van der Waals surface area contributed by atoms with E-state index in [2.05, 4.69) is 25.9 Å². The number of halogens is 1. The van der Waals surface area contributed by atoms with Crippen LogP contribution in [0.1, 0.15) is 11.1 Å². The first-order valence-electron chi connectivity index (χ1n) is 5.91. The quantitative estimate of drug-likeness (QED) is 0.628. The molecule has 1 aliphatic heterocycles. The van der Waals surface area contributed by atoms with Crippen molar-refractivity contribution in [3.63, 3.8) is 0 Å². The van der Waals surface area contributed by atoms with Crippen LogP contribution in [0, 0.1) is 0 Å². The van der Waals surface area contributed by atoms with Crippen molar-refractivity contribution in [2.24, 2.45) is 4.99 Å². The van der Waals surface area contributed by atoms with E-state index in [0.29, 0.717) is 5.90 Å². The van der Waals surface area contributed by atoms with Gasteiger partial charge in [-0.25, -0.2) is 9.79 Å². The van der Waals surface area contributed by atoms with Gasteiger partial charge in [0, 0.05) is 22.4 Å². The number of hydrogen-bond acceptors (Lipinski definition) is 4. The molecule has 5 heteroatoms. The van der Waals surface area contributed by atoms with Crippen LogP contribution in [0.2, 0.25) is 0 Å². The minimum atomic E-state index is -0.447. The number of aromatic nitrogens is 1. The van der Waals surface area contributed by atoms with E-state index in [-0.39, 0.29) is 5.70 Å². The van der Waals surface area contributed by atoms with E-state index in [1.165, 1.54) is 0 Å². The Balaban J connectivity index is 1.95. The molecule has 98 valence electrons. The number of nitrogens with zero attached hydrogens (tertiary/aromatic N) is 2. The summed E-state index contributed by atoms with van der Waals surface area (Å²) in [6, 6.07) is 11.1. The summed E-state index contributed by atoms with van der Waals surface area (Å²) in [5.41, 5.74) is 1.90. The lowest BCUT2D eigenvalue weighted by molar-refractivity contribution is -0.129. The molecular weight excluding hydrogens is 320 g/mol. The second kappa shape index (κ2) is 5.38. The number of carbonyl (C=O) groups is 1. The number of cyclic esters (lactones) is 1. The predicted molar refractivity (Wildman–Crippen MR) is 79.0 cm³/mol. The van der Waals surface area contributed by atoms with Crippen molar-refractivity contribution in [2.45, 2.75) is 0 Å². The van der Waals surface area contributed by atoms with Gasteiger partial charge in [0.25, 0.3) is 0 Å². The molecule has 0 bridgehead atoms. The van der Waals surface area contributed by atoms with Crippen molar-refractivity contribution in [2.75, 3.05) is 0 Å². The molecule has 20 heavy (non-hydrogen) atoms. The van der Waals surface area contributed by atoms with Gasteiger partial charge in [-0.3, -0.25) is 4.98 Å². The Morgan fingerprint density at radius 3 is 2.70 bits per heavy atom. The van der Waals surface area contributed by atoms with Gasteiger partial charge in [0.2, 0.25) is 5.90 Å². The van der Waals surface area contributed by atoms with E-state index in [1.807, 2.05) is 24.3 Å². The summed E-state index contributed by atoms with van der Waals surface area (Å²) in [6.07, 6.45) is 4.95. The average molecular weight is 329 g/mol.